The number of urea groups is 1. The molecule has 6 nitrogen and oxygen atoms in total. The Morgan fingerprint density at radius 1 is 1.30 bits per heavy atom. The number of methoxy groups -OCH3 is 1. The number of hydrogen-bond acceptors (Lipinski definition) is 4. The largest absolute Gasteiger partial charge is 0.497 e. The standard InChI is InChI=1S/C17H27N3O3/c1-13(2)8-9-18-17(22)19-16(21)12-20(3)11-14-6-5-7-15(10-14)23-4/h5-7,10,13H,8-9,11-12H2,1-4H3,(H2,18,19,21,22). The highest BCUT2D eigenvalue weighted by Gasteiger charge is 2.11. The van der Waals surface area contributed by atoms with Crippen LogP contribution in [0.4, 0.5) is 4.79 Å². The molecule has 1 rings (SSSR count). The van der Waals surface area contributed by atoms with E-state index in [4.69, 9.17) is 4.74 Å². The van der Waals surface area contributed by atoms with Gasteiger partial charge in [-0.25, -0.2) is 4.79 Å². The molecule has 0 aliphatic heterocycles. The lowest BCUT2D eigenvalue weighted by Gasteiger charge is -2.16. The molecule has 0 aromatic heterocycles. The second-order valence-corrected chi connectivity index (χ2v) is 6.01. The van der Waals surface area contributed by atoms with Gasteiger partial charge in [-0.2, -0.15) is 0 Å². The highest BCUT2D eigenvalue weighted by Crippen LogP contribution is 2.13. The second-order valence-electron chi connectivity index (χ2n) is 6.01. The Bertz CT molecular complexity index is 518. The van der Waals surface area contributed by atoms with Crippen LogP contribution in [0.3, 0.4) is 0 Å². The van der Waals surface area contributed by atoms with E-state index in [1.165, 1.54) is 0 Å². The molecule has 3 amide bonds. The summed E-state index contributed by atoms with van der Waals surface area (Å²) in [6.07, 6.45) is 0.886. The van der Waals surface area contributed by atoms with Gasteiger partial charge in [0.25, 0.3) is 0 Å². The van der Waals surface area contributed by atoms with Crippen LogP contribution < -0.4 is 15.4 Å². The molecule has 23 heavy (non-hydrogen) atoms. The van der Waals surface area contributed by atoms with Crippen LogP contribution in [0.5, 0.6) is 5.75 Å². The van der Waals surface area contributed by atoms with E-state index >= 15 is 0 Å². The summed E-state index contributed by atoms with van der Waals surface area (Å²) in [5.74, 6) is 0.974. The van der Waals surface area contributed by atoms with Gasteiger partial charge in [-0.15, -0.1) is 0 Å². The van der Waals surface area contributed by atoms with E-state index in [9.17, 15) is 9.59 Å². The number of benzene rings is 1. The number of amides is 3. The molecule has 0 heterocycles. The molecule has 0 fully saturated rings. The van der Waals surface area contributed by atoms with Crippen molar-refractivity contribution in [3.8, 4) is 5.75 Å². The molecular formula is C17H27N3O3. The Morgan fingerprint density at radius 2 is 2.04 bits per heavy atom. The fourth-order valence-electron chi connectivity index (χ4n) is 2.07. The molecule has 0 unspecified atom stereocenters. The monoisotopic (exact) mass is 321 g/mol. The Balaban J connectivity index is 2.34. The smallest absolute Gasteiger partial charge is 0.321 e. The fourth-order valence-corrected chi connectivity index (χ4v) is 2.07. The van der Waals surface area contributed by atoms with E-state index in [1.54, 1.807) is 7.11 Å². The van der Waals surface area contributed by atoms with Gasteiger partial charge < -0.3 is 10.1 Å². The van der Waals surface area contributed by atoms with Crippen LogP contribution >= 0.6 is 0 Å². The summed E-state index contributed by atoms with van der Waals surface area (Å²) >= 11 is 0. The fraction of sp³-hybridized carbons (Fsp3) is 0.529. The van der Waals surface area contributed by atoms with Crippen molar-refractivity contribution < 1.29 is 14.3 Å². The topological polar surface area (TPSA) is 70.7 Å². The van der Waals surface area contributed by atoms with Crippen molar-refractivity contribution in [3.05, 3.63) is 29.8 Å². The van der Waals surface area contributed by atoms with E-state index in [-0.39, 0.29) is 12.5 Å². The van der Waals surface area contributed by atoms with Crippen LogP contribution in [0.15, 0.2) is 24.3 Å². The lowest BCUT2D eigenvalue weighted by atomic mass is 10.1. The number of likely N-dealkylation sites (N-methyl/N-ethyl adjacent to an activating group) is 1. The molecule has 6 heteroatoms. The summed E-state index contributed by atoms with van der Waals surface area (Å²) in [6, 6.07) is 7.23. The predicted molar refractivity (Wildman–Crippen MR) is 90.3 cm³/mol. The number of hydrogen-bond donors (Lipinski definition) is 2. The molecule has 0 bridgehead atoms. The predicted octanol–water partition coefficient (Wildman–Crippen LogP) is 2.00. The lowest BCUT2D eigenvalue weighted by molar-refractivity contribution is -0.120. The minimum Gasteiger partial charge on any atom is -0.497 e. The van der Waals surface area contributed by atoms with Crippen molar-refractivity contribution in [2.75, 3.05) is 27.2 Å². The maximum atomic E-state index is 11.8. The van der Waals surface area contributed by atoms with Gasteiger partial charge in [0.2, 0.25) is 5.91 Å². The first kappa shape index (κ1) is 19.0. The van der Waals surface area contributed by atoms with Crippen LogP contribution in [-0.4, -0.2) is 44.1 Å². The van der Waals surface area contributed by atoms with Crippen LogP contribution in [0.1, 0.15) is 25.8 Å². The number of nitrogens with zero attached hydrogens (tertiary/aromatic N) is 1. The summed E-state index contributed by atoms with van der Waals surface area (Å²) in [4.78, 5) is 25.3. The zero-order valence-corrected chi connectivity index (χ0v) is 14.4. The van der Waals surface area contributed by atoms with Crippen molar-refractivity contribution >= 4 is 11.9 Å². The van der Waals surface area contributed by atoms with E-state index in [1.807, 2.05) is 36.2 Å². The van der Waals surface area contributed by atoms with Gasteiger partial charge in [0.15, 0.2) is 0 Å². The van der Waals surface area contributed by atoms with Crippen molar-refractivity contribution in [2.24, 2.45) is 5.92 Å². The van der Waals surface area contributed by atoms with Gasteiger partial charge in [-0.3, -0.25) is 15.0 Å². The number of ether oxygens (including phenoxy) is 1. The van der Waals surface area contributed by atoms with E-state index < -0.39 is 6.03 Å². The number of imide groups is 1. The maximum Gasteiger partial charge on any atom is 0.321 e. The molecule has 0 aliphatic rings. The third-order valence-corrected chi connectivity index (χ3v) is 3.26. The Hall–Kier alpha value is -2.08. The summed E-state index contributed by atoms with van der Waals surface area (Å²) < 4.78 is 5.17. The Morgan fingerprint density at radius 3 is 2.70 bits per heavy atom. The average Bonchev–Trinajstić information content (AvgIpc) is 2.46. The first-order valence-electron chi connectivity index (χ1n) is 7.80. The highest BCUT2D eigenvalue weighted by molar-refractivity contribution is 5.95. The number of nitrogens with one attached hydrogen (secondary N) is 2. The van der Waals surface area contributed by atoms with Gasteiger partial charge >= 0.3 is 6.03 Å². The number of carbonyl (C=O) groups excluding carboxylic acids is 2. The first-order valence-corrected chi connectivity index (χ1v) is 7.80. The van der Waals surface area contributed by atoms with Crippen LogP contribution in [0.25, 0.3) is 0 Å². The maximum absolute atomic E-state index is 11.8. The zero-order chi connectivity index (χ0) is 17.2. The first-order chi connectivity index (χ1) is 10.9. The van der Waals surface area contributed by atoms with Gasteiger partial charge in [-0.1, -0.05) is 26.0 Å². The third-order valence-electron chi connectivity index (χ3n) is 3.26. The van der Waals surface area contributed by atoms with E-state index in [0.717, 1.165) is 17.7 Å². The molecule has 0 aliphatic carbocycles. The molecule has 2 N–H and O–H groups in total. The summed E-state index contributed by atoms with van der Waals surface area (Å²) in [6.45, 7) is 5.47. The van der Waals surface area contributed by atoms with Crippen molar-refractivity contribution in [3.63, 3.8) is 0 Å². The minimum absolute atomic E-state index is 0.148. The third kappa shape index (κ3) is 8.21. The van der Waals surface area contributed by atoms with Crippen molar-refractivity contribution in [1.82, 2.24) is 15.5 Å². The highest BCUT2D eigenvalue weighted by atomic mass is 16.5. The second kappa shape index (κ2) is 9.84. The Kier molecular flexibility index (Phi) is 8.11. The van der Waals surface area contributed by atoms with Gasteiger partial charge in [0.05, 0.1) is 13.7 Å². The normalized spacial score (nSPS) is 10.7. The van der Waals surface area contributed by atoms with E-state index in [2.05, 4.69) is 24.5 Å². The minimum atomic E-state index is -0.439. The number of carbonyl (C=O) groups is 2. The molecular weight excluding hydrogens is 294 g/mol. The van der Waals surface area contributed by atoms with Crippen molar-refractivity contribution in [2.45, 2.75) is 26.8 Å². The SMILES string of the molecule is COc1cccc(CN(C)CC(=O)NC(=O)NCCC(C)C)c1. The Labute approximate surface area is 138 Å². The van der Waals surface area contributed by atoms with Gasteiger partial charge in [-0.05, 0) is 37.1 Å². The molecule has 128 valence electrons. The molecule has 0 atom stereocenters. The summed E-state index contributed by atoms with van der Waals surface area (Å²) in [7, 11) is 3.45. The van der Waals surface area contributed by atoms with E-state index in [0.29, 0.717) is 19.0 Å². The molecule has 1 aromatic carbocycles. The molecule has 0 spiro atoms. The van der Waals surface area contributed by atoms with Crippen molar-refractivity contribution in [1.29, 1.82) is 0 Å². The summed E-state index contributed by atoms with van der Waals surface area (Å²) in [5.41, 5.74) is 1.04. The molecule has 0 saturated heterocycles. The van der Waals surface area contributed by atoms with Crippen LogP contribution in [-0.2, 0) is 11.3 Å². The van der Waals surface area contributed by atoms with Gasteiger partial charge in [0.1, 0.15) is 5.75 Å². The number of rotatable bonds is 8. The lowest BCUT2D eigenvalue weighted by Crippen LogP contribution is -2.44. The molecule has 1 aromatic rings. The quantitative estimate of drug-likeness (QED) is 0.768. The zero-order valence-electron chi connectivity index (χ0n) is 14.4. The summed E-state index contributed by atoms with van der Waals surface area (Å²) in [5, 5.41) is 5.01. The average molecular weight is 321 g/mol. The molecule has 0 radical (unpaired) electrons. The molecule has 0 saturated carbocycles. The van der Waals surface area contributed by atoms with Crippen LogP contribution in [0, 0.1) is 5.92 Å². The van der Waals surface area contributed by atoms with Gasteiger partial charge in [0, 0.05) is 13.1 Å². The van der Waals surface area contributed by atoms with Crippen LogP contribution in [0.2, 0.25) is 0 Å².